The molecule has 0 aromatic heterocycles. The molecule has 0 aromatic rings. The molecule has 4 rings (SSSR count). The molecule has 42 heavy (non-hydrogen) atoms. The average molecular weight is 615 g/mol. The molecule has 3 fully saturated rings. The molecule has 4 aliphatic rings. The maximum Gasteiger partial charge on any atom is 0.306 e. The van der Waals surface area contributed by atoms with Gasteiger partial charge >= 0.3 is 11.9 Å². The Labute approximate surface area is 249 Å². The van der Waals surface area contributed by atoms with Gasteiger partial charge in [-0.2, -0.15) is 0 Å². The van der Waals surface area contributed by atoms with E-state index in [-0.39, 0.29) is 43.5 Å². The Balaban J connectivity index is 0.00000114. The quantitative estimate of drug-likeness (QED) is 0.337. The fourth-order valence-corrected chi connectivity index (χ4v) is 8.75. The monoisotopic (exact) mass is 614 g/mol. The number of carbonyl (C=O) groups is 5. The van der Waals surface area contributed by atoms with Gasteiger partial charge in [-0.3, -0.25) is 19.2 Å². The van der Waals surface area contributed by atoms with E-state index < -0.39 is 81.0 Å². The number of hydrogen-bond donors (Lipinski definition) is 0. The van der Waals surface area contributed by atoms with E-state index in [1.165, 1.54) is 32.9 Å². The van der Waals surface area contributed by atoms with Crippen LogP contribution in [0.25, 0.3) is 0 Å². The minimum absolute atomic E-state index is 0.00341. The van der Waals surface area contributed by atoms with Crippen LogP contribution in [-0.2, 0) is 33.4 Å². The number of ketones is 2. The third kappa shape index (κ3) is 5.17. The van der Waals surface area contributed by atoms with Crippen LogP contribution < -0.4 is 0 Å². The number of alkyl halides is 3. The molecule has 234 valence electrons. The van der Waals surface area contributed by atoms with E-state index in [2.05, 4.69) is 0 Å². The third-order valence-corrected chi connectivity index (χ3v) is 10.4. The van der Waals surface area contributed by atoms with Gasteiger partial charge in [0, 0.05) is 35.5 Å². The molecule has 0 radical (unpaired) electrons. The van der Waals surface area contributed by atoms with Crippen LogP contribution in [0.4, 0.5) is 13.2 Å². The van der Waals surface area contributed by atoms with Gasteiger partial charge in [-0.1, -0.05) is 33.8 Å². The van der Waals surface area contributed by atoms with Crippen molar-refractivity contribution in [2.75, 3.05) is 6.01 Å². The molecule has 0 amide bonds. The predicted molar refractivity (Wildman–Crippen MR) is 151 cm³/mol. The van der Waals surface area contributed by atoms with Crippen LogP contribution in [0.1, 0.15) is 80.6 Å². The van der Waals surface area contributed by atoms with Crippen LogP contribution in [-0.4, -0.2) is 58.2 Å². The number of Topliss-reactive ketones (excluding diaryl/α,β-unsaturated/α-hetero) is 1. The highest BCUT2D eigenvalue weighted by molar-refractivity contribution is 8.13. The number of esters is 2. The van der Waals surface area contributed by atoms with Crippen molar-refractivity contribution in [2.45, 2.75) is 104 Å². The Bertz CT molecular complexity index is 1200. The lowest BCUT2D eigenvalue weighted by Crippen LogP contribution is -2.71. The number of hydrogen-bond acceptors (Lipinski definition) is 8. The highest BCUT2D eigenvalue weighted by atomic mass is 32.2. The standard InChI is InChI=1S/C28H35F3O6S.C3H6O/c1-6-22(33)36-21-13-26(5)17(10-15(3)28(26,24(35)38-14-29)37-23(34)7-2)18-12-20(30)19-11-16(32)8-9-25(19,4)27(18,21)31;1-3(2)4/h8-9,11,15,17-18,20-21H,6-7,10,12-14H2,1-5H3;1-2H3/t15-,17+,18+,20+,21+,25+,26+,27+,28+;/m1./s1. The van der Waals surface area contributed by atoms with Crippen molar-refractivity contribution in [3.63, 3.8) is 0 Å². The Kier molecular flexibility index (Phi) is 9.96. The summed E-state index contributed by atoms with van der Waals surface area (Å²) < 4.78 is 58.9. The minimum Gasteiger partial charge on any atom is -0.459 e. The summed E-state index contributed by atoms with van der Waals surface area (Å²) in [6.07, 6.45) is 0.268. The molecule has 7 nitrogen and oxygen atoms in total. The second-order valence-corrected chi connectivity index (χ2v) is 13.2. The van der Waals surface area contributed by atoms with E-state index in [0.29, 0.717) is 11.8 Å². The Hall–Kier alpha value is -2.43. The molecule has 0 bridgehead atoms. The number of fused-ring (bicyclic) bond motifs is 5. The Morgan fingerprint density at radius 2 is 1.64 bits per heavy atom. The SMILES string of the molecule is CC(C)=O.CCC(=O)O[C@H]1C[C@@]2(C)[C@@H](C[C@@H](C)[C@]2(OC(=O)CC)C(=O)SCF)[C@@H]2C[C@H](F)C3=CC(=O)C=C[C@]3(C)[C@@]12F. The highest BCUT2D eigenvalue weighted by Crippen LogP contribution is 2.72. The molecule has 9 atom stereocenters. The lowest BCUT2D eigenvalue weighted by molar-refractivity contribution is -0.237. The van der Waals surface area contributed by atoms with Crippen LogP contribution in [0, 0.1) is 28.6 Å². The number of halogens is 3. The molecule has 0 heterocycles. The first-order chi connectivity index (χ1) is 19.5. The van der Waals surface area contributed by atoms with E-state index in [0.717, 1.165) is 6.08 Å². The van der Waals surface area contributed by atoms with Crippen molar-refractivity contribution in [3.8, 4) is 0 Å². The molecule has 4 aliphatic carbocycles. The van der Waals surface area contributed by atoms with E-state index in [1.807, 2.05) is 0 Å². The number of thioether (sulfide) groups is 1. The summed E-state index contributed by atoms with van der Waals surface area (Å²) >= 11 is 0.388. The largest absolute Gasteiger partial charge is 0.459 e. The molecule has 0 unspecified atom stereocenters. The summed E-state index contributed by atoms with van der Waals surface area (Å²) in [7, 11) is 0. The first kappa shape index (κ1) is 34.1. The van der Waals surface area contributed by atoms with Crippen molar-refractivity contribution in [3.05, 3.63) is 23.8 Å². The normalized spacial score (nSPS) is 39.9. The first-order valence-corrected chi connectivity index (χ1v) is 15.4. The minimum atomic E-state index is -2.31. The zero-order valence-electron chi connectivity index (χ0n) is 25.3. The summed E-state index contributed by atoms with van der Waals surface area (Å²) in [6, 6.07) is -1.04. The second kappa shape index (κ2) is 12.3. The molecule has 0 spiro atoms. The Morgan fingerprint density at radius 1 is 1.05 bits per heavy atom. The molecule has 11 heteroatoms. The van der Waals surface area contributed by atoms with Crippen molar-refractivity contribution >= 4 is 40.4 Å². The second-order valence-electron chi connectivity index (χ2n) is 12.3. The number of allylic oxidation sites excluding steroid dienone is 4. The lowest BCUT2D eigenvalue weighted by atomic mass is 9.44. The summed E-state index contributed by atoms with van der Waals surface area (Å²) in [5, 5.41) is -0.686. The third-order valence-electron chi connectivity index (χ3n) is 9.76. The van der Waals surface area contributed by atoms with Crippen LogP contribution in [0.2, 0.25) is 0 Å². The molecule has 0 saturated heterocycles. The van der Waals surface area contributed by atoms with Gasteiger partial charge in [0.1, 0.15) is 24.1 Å². The number of rotatable bonds is 6. The van der Waals surface area contributed by atoms with E-state index in [1.54, 1.807) is 27.7 Å². The van der Waals surface area contributed by atoms with Gasteiger partial charge in [-0.15, -0.1) is 0 Å². The van der Waals surface area contributed by atoms with Gasteiger partial charge < -0.3 is 14.3 Å². The number of carbonyl (C=O) groups excluding carboxylic acids is 5. The molecule has 3 saturated carbocycles. The van der Waals surface area contributed by atoms with Crippen molar-refractivity contribution < 1.29 is 46.6 Å². The fraction of sp³-hybridized carbons (Fsp3) is 0.710. The fourth-order valence-electron chi connectivity index (χ4n) is 7.96. The van der Waals surface area contributed by atoms with E-state index in [4.69, 9.17) is 9.47 Å². The zero-order valence-corrected chi connectivity index (χ0v) is 26.1. The lowest BCUT2D eigenvalue weighted by Gasteiger charge is -2.63. The van der Waals surface area contributed by atoms with Crippen LogP contribution in [0.3, 0.4) is 0 Å². The van der Waals surface area contributed by atoms with Gasteiger partial charge in [-0.05, 0) is 75.4 Å². The van der Waals surface area contributed by atoms with Crippen molar-refractivity contribution in [2.24, 2.45) is 28.6 Å². The van der Waals surface area contributed by atoms with Crippen molar-refractivity contribution in [1.82, 2.24) is 0 Å². The van der Waals surface area contributed by atoms with Gasteiger partial charge in [0.2, 0.25) is 5.12 Å². The molecule has 0 aromatic carbocycles. The van der Waals surface area contributed by atoms with Gasteiger partial charge in [-0.25, -0.2) is 13.2 Å². The van der Waals surface area contributed by atoms with Crippen LogP contribution >= 0.6 is 11.8 Å². The van der Waals surface area contributed by atoms with E-state index in [9.17, 15) is 28.4 Å². The summed E-state index contributed by atoms with van der Waals surface area (Å²) in [4.78, 5) is 60.5. The van der Waals surface area contributed by atoms with Crippen LogP contribution in [0.15, 0.2) is 23.8 Å². The Morgan fingerprint density at radius 3 is 2.19 bits per heavy atom. The first-order valence-electron chi connectivity index (χ1n) is 14.4. The highest BCUT2D eigenvalue weighted by Gasteiger charge is 2.79. The van der Waals surface area contributed by atoms with E-state index >= 15 is 8.78 Å². The summed E-state index contributed by atoms with van der Waals surface area (Å²) in [6.45, 7) is 11.1. The summed E-state index contributed by atoms with van der Waals surface area (Å²) in [5.41, 5.74) is -6.99. The van der Waals surface area contributed by atoms with Crippen molar-refractivity contribution in [1.29, 1.82) is 0 Å². The maximum absolute atomic E-state index is 18.0. The van der Waals surface area contributed by atoms with Crippen LogP contribution in [0.5, 0.6) is 0 Å². The molecular formula is C31H41F3O7S. The summed E-state index contributed by atoms with van der Waals surface area (Å²) in [5.74, 6) is -3.95. The molecular weight excluding hydrogens is 573 g/mol. The smallest absolute Gasteiger partial charge is 0.306 e. The number of ether oxygens (including phenoxy) is 2. The van der Waals surface area contributed by atoms with Gasteiger partial charge in [0.25, 0.3) is 0 Å². The molecule has 0 N–H and O–H groups in total. The predicted octanol–water partition coefficient (Wildman–Crippen LogP) is 5.99. The van der Waals surface area contributed by atoms with Gasteiger partial charge in [0.05, 0.1) is 0 Å². The van der Waals surface area contributed by atoms with Gasteiger partial charge in [0.15, 0.2) is 17.1 Å². The molecule has 0 aliphatic heterocycles. The maximum atomic E-state index is 18.0. The average Bonchev–Trinajstić information content (AvgIpc) is 3.13. The topological polar surface area (TPSA) is 104 Å². The zero-order chi connectivity index (χ0) is 31.8.